The van der Waals surface area contributed by atoms with Gasteiger partial charge in [-0.1, -0.05) is 19.9 Å². The van der Waals surface area contributed by atoms with Crippen LogP contribution in [0, 0.1) is 12.3 Å². The molecule has 0 amide bonds. The highest BCUT2D eigenvalue weighted by Crippen LogP contribution is 2.41. The first kappa shape index (κ1) is 14.3. The highest BCUT2D eigenvalue weighted by Gasteiger charge is 2.48. The van der Waals surface area contributed by atoms with Crippen LogP contribution in [0.1, 0.15) is 25.8 Å². The van der Waals surface area contributed by atoms with Crippen molar-refractivity contribution in [3.63, 3.8) is 0 Å². The third-order valence-corrected chi connectivity index (χ3v) is 5.54. The first-order valence-electron chi connectivity index (χ1n) is 6.21. The lowest BCUT2D eigenvalue weighted by molar-refractivity contribution is -0.0645. The van der Waals surface area contributed by atoms with Gasteiger partial charge in [0.1, 0.15) is 0 Å². The van der Waals surface area contributed by atoms with Crippen molar-refractivity contribution in [3.8, 4) is 0 Å². The molecule has 1 fully saturated rings. The minimum absolute atomic E-state index is 0.160. The Hall–Kier alpha value is -1.11. The van der Waals surface area contributed by atoms with Gasteiger partial charge in [0.2, 0.25) is 10.0 Å². The Labute approximate surface area is 113 Å². The van der Waals surface area contributed by atoms with Crippen LogP contribution in [0.4, 0.5) is 5.69 Å². The molecule has 1 aromatic rings. The zero-order chi connectivity index (χ0) is 14.4. The molecule has 0 heterocycles. The summed E-state index contributed by atoms with van der Waals surface area (Å²) >= 11 is 0. The van der Waals surface area contributed by atoms with Gasteiger partial charge in [-0.05, 0) is 31.0 Å². The van der Waals surface area contributed by atoms with Gasteiger partial charge in [-0.25, -0.2) is 13.1 Å². The van der Waals surface area contributed by atoms with E-state index in [-0.39, 0.29) is 10.9 Å². The Morgan fingerprint density at radius 2 is 2.05 bits per heavy atom. The summed E-state index contributed by atoms with van der Waals surface area (Å²) in [5.41, 5.74) is 6.60. The van der Waals surface area contributed by atoms with Gasteiger partial charge < -0.3 is 10.8 Å². The van der Waals surface area contributed by atoms with Crippen molar-refractivity contribution < 1.29 is 13.5 Å². The summed E-state index contributed by atoms with van der Waals surface area (Å²) in [6, 6.07) is 4.43. The number of nitrogens with one attached hydrogen (secondary N) is 1. The number of anilines is 1. The second kappa shape index (κ2) is 4.47. The SMILES string of the molecule is Cc1ccc(S(=O)(=O)NC2CC(O)C2(C)C)cc1N. The Morgan fingerprint density at radius 1 is 1.42 bits per heavy atom. The Morgan fingerprint density at radius 3 is 2.53 bits per heavy atom. The van der Waals surface area contributed by atoms with Crippen molar-refractivity contribution in [2.45, 2.75) is 44.2 Å². The summed E-state index contributed by atoms with van der Waals surface area (Å²) < 4.78 is 27.1. The number of nitrogens with two attached hydrogens (primary N) is 1. The number of nitrogen functional groups attached to an aromatic ring is 1. The van der Waals surface area contributed by atoms with Gasteiger partial charge in [-0.15, -0.1) is 0 Å². The summed E-state index contributed by atoms with van der Waals surface area (Å²) in [4.78, 5) is 0.160. The van der Waals surface area contributed by atoms with Crippen molar-refractivity contribution in [1.82, 2.24) is 4.72 Å². The van der Waals surface area contributed by atoms with Gasteiger partial charge in [0, 0.05) is 17.1 Å². The third-order valence-electron chi connectivity index (χ3n) is 4.07. The normalized spacial score (nSPS) is 25.9. The Kier molecular flexibility index (Phi) is 3.36. The largest absolute Gasteiger partial charge is 0.398 e. The van der Waals surface area contributed by atoms with Crippen LogP contribution in [0.3, 0.4) is 0 Å². The topological polar surface area (TPSA) is 92.4 Å². The lowest BCUT2D eigenvalue weighted by Gasteiger charge is -2.49. The van der Waals surface area contributed by atoms with E-state index in [2.05, 4.69) is 4.72 Å². The molecular formula is C13H20N2O3S. The fourth-order valence-electron chi connectivity index (χ4n) is 2.14. The molecule has 1 aromatic carbocycles. The van der Waals surface area contributed by atoms with Gasteiger partial charge in [-0.2, -0.15) is 0 Å². The average molecular weight is 284 g/mol. The first-order chi connectivity index (χ1) is 8.64. The fourth-order valence-corrected chi connectivity index (χ4v) is 3.58. The standard InChI is InChI=1S/C13H20N2O3S/c1-8-4-5-9(6-10(8)14)19(17,18)15-11-7-12(16)13(11,2)3/h4-6,11-12,15-16H,7,14H2,1-3H3. The van der Waals surface area contributed by atoms with E-state index in [1.165, 1.54) is 12.1 Å². The number of aliphatic hydroxyl groups excluding tert-OH is 1. The molecule has 2 rings (SSSR count). The van der Waals surface area contributed by atoms with Crippen LogP contribution in [0.2, 0.25) is 0 Å². The Balaban J connectivity index is 2.22. The van der Waals surface area contributed by atoms with E-state index in [9.17, 15) is 13.5 Å². The molecule has 0 spiro atoms. The van der Waals surface area contributed by atoms with Crippen LogP contribution in [0.15, 0.2) is 23.1 Å². The summed E-state index contributed by atoms with van der Waals surface area (Å²) in [7, 11) is -3.60. The van der Waals surface area contributed by atoms with Gasteiger partial charge in [0.05, 0.1) is 11.0 Å². The van der Waals surface area contributed by atoms with E-state index in [0.717, 1.165) is 5.56 Å². The van der Waals surface area contributed by atoms with Gasteiger partial charge in [0.15, 0.2) is 0 Å². The fraction of sp³-hybridized carbons (Fsp3) is 0.538. The molecule has 0 saturated heterocycles. The quantitative estimate of drug-likeness (QED) is 0.722. The second-order valence-electron chi connectivity index (χ2n) is 5.77. The van der Waals surface area contributed by atoms with Crippen LogP contribution >= 0.6 is 0 Å². The maximum atomic E-state index is 12.2. The van der Waals surface area contributed by atoms with Gasteiger partial charge in [-0.3, -0.25) is 0 Å². The van der Waals surface area contributed by atoms with Crippen LogP contribution in [-0.4, -0.2) is 25.7 Å². The lowest BCUT2D eigenvalue weighted by Crippen LogP contribution is -2.61. The number of rotatable bonds is 3. The van der Waals surface area contributed by atoms with Crippen LogP contribution in [0.5, 0.6) is 0 Å². The number of benzene rings is 1. The molecule has 2 atom stereocenters. The smallest absolute Gasteiger partial charge is 0.240 e. The number of hydrogen-bond donors (Lipinski definition) is 3. The summed E-state index contributed by atoms with van der Waals surface area (Å²) in [5.74, 6) is 0. The highest BCUT2D eigenvalue weighted by atomic mass is 32.2. The molecule has 1 aliphatic rings. The summed E-state index contributed by atoms with van der Waals surface area (Å²) in [6.45, 7) is 5.51. The molecule has 1 saturated carbocycles. The molecule has 19 heavy (non-hydrogen) atoms. The molecule has 106 valence electrons. The van der Waals surface area contributed by atoms with Crippen molar-refractivity contribution >= 4 is 15.7 Å². The molecule has 0 radical (unpaired) electrons. The number of aryl methyl sites for hydroxylation is 1. The van der Waals surface area contributed by atoms with Crippen LogP contribution in [-0.2, 0) is 10.0 Å². The molecule has 0 aromatic heterocycles. The predicted octanol–water partition coefficient (Wildman–Crippen LogP) is 1.01. The molecule has 0 bridgehead atoms. The Bertz CT molecular complexity index is 596. The van der Waals surface area contributed by atoms with E-state index in [0.29, 0.717) is 12.1 Å². The minimum Gasteiger partial charge on any atom is -0.398 e. The molecular weight excluding hydrogens is 264 g/mol. The van der Waals surface area contributed by atoms with Crippen LogP contribution in [0.25, 0.3) is 0 Å². The van der Waals surface area contributed by atoms with E-state index in [4.69, 9.17) is 5.73 Å². The van der Waals surface area contributed by atoms with Crippen LogP contribution < -0.4 is 10.5 Å². The summed E-state index contributed by atoms with van der Waals surface area (Å²) in [6.07, 6.45) is -0.0311. The minimum atomic E-state index is -3.60. The number of hydrogen-bond acceptors (Lipinski definition) is 4. The monoisotopic (exact) mass is 284 g/mol. The zero-order valence-corrected chi connectivity index (χ0v) is 12.2. The van der Waals surface area contributed by atoms with Gasteiger partial charge >= 0.3 is 0 Å². The van der Waals surface area contributed by atoms with E-state index >= 15 is 0 Å². The molecule has 6 heteroatoms. The predicted molar refractivity (Wildman–Crippen MR) is 74.1 cm³/mol. The molecule has 5 nitrogen and oxygen atoms in total. The summed E-state index contributed by atoms with van der Waals surface area (Å²) in [5, 5.41) is 9.64. The number of sulfonamides is 1. The zero-order valence-electron chi connectivity index (χ0n) is 11.3. The molecule has 2 unspecified atom stereocenters. The molecule has 0 aliphatic heterocycles. The lowest BCUT2D eigenvalue weighted by atomic mass is 9.65. The van der Waals surface area contributed by atoms with Crippen molar-refractivity contribution in [1.29, 1.82) is 0 Å². The van der Waals surface area contributed by atoms with E-state index in [1.54, 1.807) is 6.07 Å². The van der Waals surface area contributed by atoms with Crippen molar-refractivity contribution in [2.75, 3.05) is 5.73 Å². The second-order valence-corrected chi connectivity index (χ2v) is 7.48. The maximum Gasteiger partial charge on any atom is 0.240 e. The third kappa shape index (κ3) is 2.48. The average Bonchev–Trinajstić information content (AvgIpc) is 2.32. The van der Waals surface area contributed by atoms with E-state index < -0.39 is 21.5 Å². The van der Waals surface area contributed by atoms with Crippen molar-refractivity contribution in [2.24, 2.45) is 5.41 Å². The number of aliphatic hydroxyl groups is 1. The maximum absolute atomic E-state index is 12.2. The highest BCUT2D eigenvalue weighted by molar-refractivity contribution is 7.89. The molecule has 1 aliphatic carbocycles. The van der Waals surface area contributed by atoms with E-state index in [1.807, 2.05) is 20.8 Å². The van der Waals surface area contributed by atoms with Gasteiger partial charge in [0.25, 0.3) is 0 Å². The molecule has 4 N–H and O–H groups in total. The first-order valence-corrected chi connectivity index (χ1v) is 7.69. The van der Waals surface area contributed by atoms with Crippen molar-refractivity contribution in [3.05, 3.63) is 23.8 Å².